The number of rotatable bonds is 10. The normalized spacial score (nSPS) is 11.2. The molecule has 0 spiro atoms. The monoisotopic (exact) mass is 499 g/mol. The first-order valence-electron chi connectivity index (χ1n) is 10.9. The number of amides is 1. The molecule has 0 heterocycles. The highest BCUT2D eigenvalue weighted by atomic mass is 19.4. The Morgan fingerprint density at radius 3 is 2.36 bits per heavy atom. The second kappa shape index (κ2) is 11.9. The third-order valence-electron chi connectivity index (χ3n) is 4.90. The van der Waals surface area contributed by atoms with Crippen molar-refractivity contribution in [2.24, 2.45) is 0 Å². The molecule has 0 bridgehead atoms. The molecule has 0 aromatic heterocycles. The van der Waals surface area contributed by atoms with Crippen LogP contribution in [0.4, 0.5) is 18.9 Å². The Kier molecular flexibility index (Phi) is 8.72. The topological polar surface area (TPSA) is 73.9 Å². The van der Waals surface area contributed by atoms with Gasteiger partial charge in [-0.2, -0.15) is 13.2 Å². The molecule has 9 heteroatoms. The van der Waals surface area contributed by atoms with E-state index in [0.29, 0.717) is 29.2 Å². The third kappa shape index (κ3) is 7.36. The standard InChI is InChI=1S/C27H24F3NO5/c1-3-35-25-15-18(7-13-23(32)19-9-11-22(34-2)12-10-19)8-14-24(25)36-17-26(33)31-21-6-4-5-20(16-21)27(28,29)30/h4-16H,3,17H2,1-2H3,(H,31,33). The third-order valence-corrected chi connectivity index (χ3v) is 4.90. The Bertz CT molecular complexity index is 1240. The SMILES string of the molecule is CCOc1cc(C=CC(=O)c2ccc(OC)cc2)ccc1OCC(=O)Nc1cccc(C(F)(F)F)c1. The van der Waals surface area contributed by atoms with E-state index in [1.165, 1.54) is 18.2 Å². The van der Waals surface area contributed by atoms with Crippen LogP contribution in [-0.2, 0) is 11.0 Å². The fourth-order valence-corrected chi connectivity index (χ4v) is 3.15. The average Bonchev–Trinajstić information content (AvgIpc) is 2.86. The minimum absolute atomic E-state index is 0.00506. The molecular formula is C27H24F3NO5. The molecule has 36 heavy (non-hydrogen) atoms. The Hall–Kier alpha value is -4.27. The molecule has 0 aliphatic heterocycles. The zero-order chi connectivity index (χ0) is 26.1. The van der Waals surface area contributed by atoms with Gasteiger partial charge in [0.1, 0.15) is 5.75 Å². The van der Waals surface area contributed by atoms with Crippen molar-refractivity contribution in [3.05, 3.63) is 89.5 Å². The second-order valence-electron chi connectivity index (χ2n) is 7.48. The lowest BCUT2D eigenvalue weighted by molar-refractivity contribution is -0.137. The maximum atomic E-state index is 12.9. The van der Waals surface area contributed by atoms with E-state index >= 15 is 0 Å². The van der Waals surface area contributed by atoms with Gasteiger partial charge in [0.2, 0.25) is 0 Å². The maximum Gasteiger partial charge on any atom is 0.416 e. The molecule has 3 rings (SSSR count). The summed E-state index contributed by atoms with van der Waals surface area (Å²) in [5, 5.41) is 2.38. The molecule has 0 saturated heterocycles. The van der Waals surface area contributed by atoms with Crippen molar-refractivity contribution in [2.45, 2.75) is 13.1 Å². The summed E-state index contributed by atoms with van der Waals surface area (Å²) < 4.78 is 54.8. The van der Waals surface area contributed by atoms with Gasteiger partial charge in [0.25, 0.3) is 5.91 Å². The summed E-state index contributed by atoms with van der Waals surface area (Å²) in [4.78, 5) is 24.6. The van der Waals surface area contributed by atoms with Gasteiger partial charge in [-0.05, 0) is 73.2 Å². The molecule has 0 fully saturated rings. The first kappa shape index (κ1) is 26.3. The van der Waals surface area contributed by atoms with Crippen LogP contribution >= 0.6 is 0 Å². The Morgan fingerprint density at radius 2 is 1.69 bits per heavy atom. The number of carbonyl (C=O) groups is 2. The van der Waals surface area contributed by atoms with Crippen molar-refractivity contribution in [2.75, 3.05) is 25.6 Å². The molecule has 0 unspecified atom stereocenters. The summed E-state index contributed by atoms with van der Waals surface area (Å²) >= 11 is 0. The highest BCUT2D eigenvalue weighted by molar-refractivity contribution is 6.06. The van der Waals surface area contributed by atoms with Crippen LogP contribution in [0.5, 0.6) is 17.2 Å². The molecule has 0 saturated carbocycles. The summed E-state index contributed by atoms with van der Waals surface area (Å²) in [7, 11) is 1.54. The number of nitrogens with one attached hydrogen (secondary N) is 1. The van der Waals surface area contributed by atoms with Crippen LogP contribution in [0.15, 0.2) is 72.8 Å². The maximum absolute atomic E-state index is 12.9. The Balaban J connectivity index is 1.64. The fraction of sp³-hybridized carbons (Fsp3) is 0.185. The van der Waals surface area contributed by atoms with Crippen LogP contribution in [0.25, 0.3) is 6.08 Å². The van der Waals surface area contributed by atoms with Crippen LogP contribution in [0.1, 0.15) is 28.4 Å². The summed E-state index contributed by atoms with van der Waals surface area (Å²) in [6.45, 7) is 1.66. The Morgan fingerprint density at radius 1 is 0.944 bits per heavy atom. The number of methoxy groups -OCH3 is 1. The number of alkyl halides is 3. The van der Waals surface area contributed by atoms with Crippen molar-refractivity contribution < 1.29 is 37.0 Å². The smallest absolute Gasteiger partial charge is 0.416 e. The molecule has 0 aliphatic carbocycles. The van der Waals surface area contributed by atoms with Crippen molar-refractivity contribution in [1.82, 2.24) is 0 Å². The molecule has 6 nitrogen and oxygen atoms in total. The number of allylic oxidation sites excluding steroid dienone is 1. The van der Waals surface area contributed by atoms with E-state index < -0.39 is 24.3 Å². The molecule has 1 N–H and O–H groups in total. The highest BCUT2D eigenvalue weighted by Crippen LogP contribution is 2.31. The number of anilines is 1. The summed E-state index contributed by atoms with van der Waals surface area (Å²) in [5.74, 6) is 0.446. The first-order valence-corrected chi connectivity index (χ1v) is 10.9. The zero-order valence-corrected chi connectivity index (χ0v) is 19.6. The summed E-state index contributed by atoms with van der Waals surface area (Å²) in [6, 6.07) is 16.0. The molecular weight excluding hydrogens is 475 g/mol. The molecule has 0 radical (unpaired) electrons. The van der Waals surface area contributed by atoms with Crippen molar-refractivity contribution in [3.63, 3.8) is 0 Å². The van der Waals surface area contributed by atoms with Gasteiger partial charge in [-0.1, -0.05) is 18.2 Å². The predicted molar refractivity (Wildman–Crippen MR) is 130 cm³/mol. The van der Waals surface area contributed by atoms with E-state index in [2.05, 4.69) is 5.32 Å². The number of ether oxygens (including phenoxy) is 3. The number of hydrogen-bond acceptors (Lipinski definition) is 5. The first-order chi connectivity index (χ1) is 17.2. The van der Waals surface area contributed by atoms with Crippen LogP contribution in [0.2, 0.25) is 0 Å². The average molecular weight is 499 g/mol. The van der Waals surface area contributed by atoms with E-state index in [-0.39, 0.29) is 17.2 Å². The van der Waals surface area contributed by atoms with Crippen LogP contribution < -0.4 is 19.5 Å². The van der Waals surface area contributed by atoms with Gasteiger partial charge in [0, 0.05) is 11.3 Å². The number of hydrogen-bond donors (Lipinski definition) is 1. The van der Waals surface area contributed by atoms with Crippen LogP contribution in [0, 0.1) is 0 Å². The molecule has 0 aliphatic rings. The number of benzene rings is 3. The van der Waals surface area contributed by atoms with Gasteiger partial charge in [-0.3, -0.25) is 9.59 Å². The van der Waals surface area contributed by atoms with E-state index in [1.54, 1.807) is 62.6 Å². The minimum Gasteiger partial charge on any atom is -0.497 e. The molecule has 0 atom stereocenters. The van der Waals surface area contributed by atoms with Crippen molar-refractivity contribution in [3.8, 4) is 17.2 Å². The minimum atomic E-state index is -4.51. The van der Waals surface area contributed by atoms with Gasteiger partial charge in [0.05, 0.1) is 19.3 Å². The van der Waals surface area contributed by atoms with E-state index in [4.69, 9.17) is 14.2 Å². The van der Waals surface area contributed by atoms with E-state index in [0.717, 1.165) is 12.1 Å². The lowest BCUT2D eigenvalue weighted by Crippen LogP contribution is -2.20. The molecule has 3 aromatic rings. The highest BCUT2D eigenvalue weighted by Gasteiger charge is 2.30. The predicted octanol–water partition coefficient (Wildman–Crippen LogP) is 6.03. The molecule has 3 aromatic carbocycles. The number of ketones is 1. The largest absolute Gasteiger partial charge is 0.497 e. The van der Waals surface area contributed by atoms with Gasteiger partial charge in [-0.25, -0.2) is 0 Å². The van der Waals surface area contributed by atoms with Crippen molar-refractivity contribution >= 4 is 23.5 Å². The second-order valence-corrected chi connectivity index (χ2v) is 7.48. The van der Waals surface area contributed by atoms with Gasteiger partial charge < -0.3 is 19.5 Å². The quantitative estimate of drug-likeness (QED) is 0.273. The van der Waals surface area contributed by atoms with Gasteiger partial charge in [-0.15, -0.1) is 0 Å². The zero-order valence-electron chi connectivity index (χ0n) is 19.6. The Labute approximate surface area is 206 Å². The van der Waals surface area contributed by atoms with E-state index in [9.17, 15) is 22.8 Å². The lowest BCUT2D eigenvalue weighted by atomic mass is 10.1. The molecule has 188 valence electrons. The van der Waals surface area contributed by atoms with Gasteiger partial charge in [0.15, 0.2) is 23.9 Å². The lowest BCUT2D eigenvalue weighted by Gasteiger charge is -2.13. The van der Waals surface area contributed by atoms with Crippen molar-refractivity contribution in [1.29, 1.82) is 0 Å². The van der Waals surface area contributed by atoms with Gasteiger partial charge >= 0.3 is 6.18 Å². The summed E-state index contributed by atoms with van der Waals surface area (Å²) in [5.41, 5.74) is 0.310. The van der Waals surface area contributed by atoms with Crippen LogP contribution in [-0.4, -0.2) is 32.0 Å². The summed E-state index contributed by atoms with van der Waals surface area (Å²) in [6.07, 6.45) is -1.46. The number of halogens is 3. The van der Waals surface area contributed by atoms with Crippen LogP contribution in [0.3, 0.4) is 0 Å². The fourth-order valence-electron chi connectivity index (χ4n) is 3.15. The van der Waals surface area contributed by atoms with E-state index in [1.807, 2.05) is 0 Å². The number of carbonyl (C=O) groups excluding carboxylic acids is 2. The molecule has 1 amide bonds.